The van der Waals surface area contributed by atoms with Gasteiger partial charge in [-0.3, -0.25) is 4.79 Å². The molecule has 1 aromatic heterocycles. The zero-order chi connectivity index (χ0) is 23.9. The van der Waals surface area contributed by atoms with Gasteiger partial charge in [0.05, 0.1) is 10.8 Å². The predicted octanol–water partition coefficient (Wildman–Crippen LogP) is 4.99. The summed E-state index contributed by atoms with van der Waals surface area (Å²) >= 11 is 0. The first-order valence-electron chi connectivity index (χ1n) is 11.5. The molecule has 176 valence electrons. The quantitative estimate of drug-likeness (QED) is 0.438. The zero-order valence-corrected chi connectivity index (χ0v) is 19.7. The van der Waals surface area contributed by atoms with Crippen molar-refractivity contribution in [3.8, 4) is 0 Å². The van der Waals surface area contributed by atoms with Crippen LogP contribution in [0.15, 0.2) is 71.6 Å². The fourth-order valence-electron chi connectivity index (χ4n) is 4.85. The van der Waals surface area contributed by atoms with Crippen molar-refractivity contribution in [3.05, 3.63) is 72.5 Å². The average Bonchev–Trinajstić information content (AvgIpc) is 3.17. The summed E-state index contributed by atoms with van der Waals surface area (Å²) in [6, 6.07) is 18.9. The highest BCUT2D eigenvalue weighted by atomic mass is 32.2. The Morgan fingerprint density at radius 1 is 1.03 bits per heavy atom. The number of nitrogens with zero attached hydrogens (tertiary/aromatic N) is 2. The number of carbonyl (C=O) groups is 1. The van der Waals surface area contributed by atoms with Crippen LogP contribution >= 0.6 is 0 Å². The summed E-state index contributed by atoms with van der Waals surface area (Å²) in [5.74, 6) is -1.15. The lowest BCUT2D eigenvalue weighted by Gasteiger charge is -2.31. The Morgan fingerprint density at radius 2 is 1.76 bits per heavy atom. The van der Waals surface area contributed by atoms with Gasteiger partial charge < -0.3 is 9.88 Å². The number of hydrogen-bond acceptors (Lipinski definition) is 3. The van der Waals surface area contributed by atoms with Gasteiger partial charge in [-0.15, -0.1) is 0 Å². The molecule has 2 heterocycles. The molecule has 4 aromatic rings. The number of rotatable bonds is 5. The zero-order valence-electron chi connectivity index (χ0n) is 18.9. The highest BCUT2D eigenvalue weighted by molar-refractivity contribution is 7.89. The lowest BCUT2D eigenvalue weighted by atomic mass is 9.98. The molecule has 0 aliphatic carbocycles. The average molecular weight is 480 g/mol. The van der Waals surface area contributed by atoms with Gasteiger partial charge in [0.15, 0.2) is 0 Å². The number of aryl methyl sites for hydroxylation is 1. The normalized spacial score (nSPS) is 17.3. The van der Waals surface area contributed by atoms with Gasteiger partial charge in [-0.25, -0.2) is 12.8 Å². The van der Waals surface area contributed by atoms with Crippen molar-refractivity contribution in [1.82, 2.24) is 8.87 Å². The van der Waals surface area contributed by atoms with Crippen LogP contribution in [-0.2, 0) is 21.4 Å². The molecule has 1 N–H and O–H groups in total. The number of anilines is 1. The second-order valence-corrected chi connectivity index (χ2v) is 10.6. The molecule has 8 heteroatoms. The third-order valence-corrected chi connectivity index (χ3v) is 8.44. The Hall–Kier alpha value is -3.23. The maximum Gasteiger partial charge on any atom is 0.243 e. The molecule has 0 spiro atoms. The van der Waals surface area contributed by atoms with Gasteiger partial charge in [0.25, 0.3) is 0 Å². The molecule has 34 heavy (non-hydrogen) atoms. The lowest BCUT2D eigenvalue weighted by molar-refractivity contribution is -0.120. The number of carbonyl (C=O) groups excluding carboxylic acids is 1. The second-order valence-electron chi connectivity index (χ2n) is 8.64. The Morgan fingerprint density at radius 3 is 2.53 bits per heavy atom. The summed E-state index contributed by atoms with van der Waals surface area (Å²) in [5.41, 5.74) is 2.95. The summed E-state index contributed by atoms with van der Waals surface area (Å²) in [5, 5.41) is 5.19. The first-order valence-corrected chi connectivity index (χ1v) is 12.9. The maximum atomic E-state index is 13.2. The molecule has 1 fully saturated rings. The van der Waals surface area contributed by atoms with Gasteiger partial charge in [0.2, 0.25) is 15.9 Å². The Bertz CT molecular complexity index is 1480. The second kappa shape index (κ2) is 8.85. The molecule has 1 saturated heterocycles. The van der Waals surface area contributed by atoms with E-state index in [-0.39, 0.29) is 17.3 Å². The number of amides is 1. The molecule has 0 saturated carbocycles. The molecule has 1 atom stereocenters. The van der Waals surface area contributed by atoms with Crippen LogP contribution in [0.2, 0.25) is 0 Å². The van der Waals surface area contributed by atoms with Gasteiger partial charge >= 0.3 is 0 Å². The van der Waals surface area contributed by atoms with E-state index in [2.05, 4.69) is 28.9 Å². The SMILES string of the molecule is CCn1c2ccccc2c2cc(NC(=O)[C@H]3CCCN(S(=O)(=O)c4ccc(F)cc4)C3)ccc21. The van der Waals surface area contributed by atoms with Crippen molar-refractivity contribution >= 4 is 43.4 Å². The van der Waals surface area contributed by atoms with E-state index in [4.69, 9.17) is 0 Å². The topological polar surface area (TPSA) is 71.4 Å². The summed E-state index contributed by atoms with van der Waals surface area (Å²) in [4.78, 5) is 13.1. The molecule has 5 rings (SSSR count). The minimum atomic E-state index is -3.79. The lowest BCUT2D eigenvalue weighted by Crippen LogP contribution is -2.43. The van der Waals surface area contributed by atoms with Gasteiger partial charge in [0, 0.05) is 47.1 Å². The number of nitrogens with one attached hydrogen (secondary N) is 1. The fourth-order valence-corrected chi connectivity index (χ4v) is 6.37. The first kappa shape index (κ1) is 22.6. The van der Waals surface area contributed by atoms with Crippen molar-refractivity contribution in [2.24, 2.45) is 5.92 Å². The number of benzene rings is 3. The molecule has 0 radical (unpaired) electrons. The molecule has 1 amide bonds. The number of aromatic nitrogens is 1. The minimum absolute atomic E-state index is 0.0349. The smallest absolute Gasteiger partial charge is 0.243 e. The maximum absolute atomic E-state index is 13.2. The van der Waals surface area contributed by atoms with Crippen LogP contribution in [0.1, 0.15) is 19.8 Å². The number of piperidine rings is 1. The monoisotopic (exact) mass is 479 g/mol. The van der Waals surface area contributed by atoms with Crippen molar-refractivity contribution in [1.29, 1.82) is 0 Å². The molecule has 3 aromatic carbocycles. The molecule has 1 aliphatic heterocycles. The molecule has 0 unspecified atom stereocenters. The summed E-state index contributed by atoms with van der Waals surface area (Å²) < 4.78 is 42.8. The van der Waals surface area contributed by atoms with E-state index in [9.17, 15) is 17.6 Å². The van der Waals surface area contributed by atoms with E-state index < -0.39 is 21.8 Å². The van der Waals surface area contributed by atoms with Crippen LogP contribution in [0, 0.1) is 11.7 Å². The van der Waals surface area contributed by atoms with E-state index in [1.54, 1.807) is 0 Å². The molecule has 6 nitrogen and oxygen atoms in total. The van der Waals surface area contributed by atoms with Crippen LogP contribution in [0.5, 0.6) is 0 Å². The van der Waals surface area contributed by atoms with E-state index in [0.29, 0.717) is 25.1 Å². The number of sulfonamides is 1. The van der Waals surface area contributed by atoms with Crippen molar-refractivity contribution < 1.29 is 17.6 Å². The summed E-state index contributed by atoms with van der Waals surface area (Å²) in [6.45, 7) is 3.39. The van der Waals surface area contributed by atoms with Gasteiger partial charge in [-0.1, -0.05) is 18.2 Å². The van der Waals surface area contributed by atoms with E-state index >= 15 is 0 Å². The summed E-state index contributed by atoms with van der Waals surface area (Å²) in [7, 11) is -3.79. The highest BCUT2D eigenvalue weighted by Crippen LogP contribution is 2.31. The predicted molar refractivity (Wildman–Crippen MR) is 132 cm³/mol. The number of fused-ring (bicyclic) bond motifs is 3. The van der Waals surface area contributed by atoms with Gasteiger partial charge in [0.1, 0.15) is 5.82 Å². The molecule has 1 aliphatic rings. The Balaban J connectivity index is 1.37. The van der Waals surface area contributed by atoms with E-state index in [1.807, 2.05) is 30.3 Å². The Labute approximate surface area is 198 Å². The van der Waals surface area contributed by atoms with Crippen LogP contribution in [-0.4, -0.2) is 36.3 Å². The summed E-state index contributed by atoms with van der Waals surface area (Å²) in [6.07, 6.45) is 1.19. The van der Waals surface area contributed by atoms with Crippen molar-refractivity contribution in [2.75, 3.05) is 18.4 Å². The minimum Gasteiger partial charge on any atom is -0.341 e. The number of halogens is 1. The van der Waals surface area contributed by atoms with Crippen LogP contribution in [0.3, 0.4) is 0 Å². The molecule has 0 bridgehead atoms. The van der Waals surface area contributed by atoms with Gasteiger partial charge in [-0.05, 0) is 68.3 Å². The van der Waals surface area contributed by atoms with E-state index in [1.165, 1.54) is 16.4 Å². The number of hydrogen-bond donors (Lipinski definition) is 1. The molecular weight excluding hydrogens is 453 g/mol. The van der Waals surface area contributed by atoms with Crippen LogP contribution in [0.4, 0.5) is 10.1 Å². The van der Waals surface area contributed by atoms with Gasteiger partial charge in [-0.2, -0.15) is 4.31 Å². The first-order chi connectivity index (χ1) is 16.4. The third kappa shape index (κ3) is 3.97. The Kier molecular flexibility index (Phi) is 5.87. The highest BCUT2D eigenvalue weighted by Gasteiger charge is 2.33. The van der Waals surface area contributed by atoms with Crippen molar-refractivity contribution in [2.45, 2.75) is 31.2 Å². The third-order valence-electron chi connectivity index (χ3n) is 6.56. The standard InChI is InChI=1S/C26H26FN3O3S/c1-2-30-24-8-4-3-7-22(24)23-16-20(11-14-25(23)30)28-26(31)18-6-5-15-29(17-18)34(32,33)21-12-9-19(27)10-13-21/h3-4,7-14,16,18H,2,5-6,15,17H2,1H3,(H,28,31)/t18-/m0/s1. The fraction of sp³-hybridized carbons (Fsp3) is 0.269. The van der Waals surface area contributed by atoms with Crippen LogP contribution in [0.25, 0.3) is 21.8 Å². The van der Waals surface area contributed by atoms with Crippen LogP contribution < -0.4 is 5.32 Å². The number of para-hydroxylation sites is 1. The van der Waals surface area contributed by atoms with Crippen molar-refractivity contribution in [3.63, 3.8) is 0 Å². The molecular formula is C26H26FN3O3S. The largest absolute Gasteiger partial charge is 0.341 e. The van der Waals surface area contributed by atoms with E-state index in [0.717, 1.165) is 40.5 Å².